The molecule has 1 amide bonds. The Balaban J connectivity index is 1.42. The average molecular weight is 420 g/mol. The van der Waals surface area contributed by atoms with Crippen molar-refractivity contribution in [3.05, 3.63) is 95.4 Å². The van der Waals surface area contributed by atoms with Gasteiger partial charge in [0.2, 0.25) is 5.89 Å². The molecule has 0 saturated carbocycles. The van der Waals surface area contributed by atoms with Crippen molar-refractivity contribution in [2.45, 2.75) is 30.7 Å². The van der Waals surface area contributed by atoms with E-state index < -0.39 is 0 Å². The van der Waals surface area contributed by atoms with Crippen molar-refractivity contribution in [3.63, 3.8) is 0 Å². The molecule has 7 nitrogen and oxygen atoms in total. The number of aromatic nitrogens is 4. The molecule has 8 heteroatoms. The molecular weight excluding hydrogens is 398 g/mol. The first-order valence-electron chi connectivity index (χ1n) is 9.52. The second kappa shape index (κ2) is 9.41. The van der Waals surface area contributed by atoms with Crippen LogP contribution in [0.4, 0.5) is 0 Å². The zero-order valence-electron chi connectivity index (χ0n) is 16.5. The van der Waals surface area contributed by atoms with Crippen LogP contribution in [-0.4, -0.2) is 25.8 Å². The summed E-state index contributed by atoms with van der Waals surface area (Å²) < 4.78 is 7.03. The summed E-state index contributed by atoms with van der Waals surface area (Å²) in [6.07, 6.45) is 3.68. The first-order valence-corrected chi connectivity index (χ1v) is 10.5. The van der Waals surface area contributed by atoms with E-state index in [-0.39, 0.29) is 5.91 Å². The van der Waals surface area contributed by atoms with E-state index in [4.69, 9.17) is 4.52 Å². The fraction of sp³-hybridized carbons (Fsp3) is 0.182. The predicted molar refractivity (Wildman–Crippen MR) is 114 cm³/mol. The number of benzene rings is 2. The molecule has 0 spiro atoms. The maximum Gasteiger partial charge on any atom is 0.252 e. The molecule has 0 aliphatic heterocycles. The van der Waals surface area contributed by atoms with Crippen LogP contribution in [0.25, 0.3) is 0 Å². The third kappa shape index (κ3) is 4.96. The van der Waals surface area contributed by atoms with Crippen LogP contribution in [0.2, 0.25) is 0 Å². The Kier molecular flexibility index (Phi) is 6.24. The molecule has 0 saturated heterocycles. The number of hydrogen-bond donors (Lipinski definition) is 1. The van der Waals surface area contributed by atoms with Gasteiger partial charge in [0.25, 0.3) is 5.91 Å². The molecule has 0 atom stereocenters. The van der Waals surface area contributed by atoms with Crippen LogP contribution in [0, 0.1) is 6.92 Å². The van der Waals surface area contributed by atoms with Gasteiger partial charge >= 0.3 is 0 Å². The second-order valence-electron chi connectivity index (χ2n) is 6.68. The minimum absolute atomic E-state index is 0.117. The highest BCUT2D eigenvalue weighted by Gasteiger charge is 2.13. The van der Waals surface area contributed by atoms with E-state index in [2.05, 4.69) is 26.6 Å². The molecule has 4 aromatic rings. The third-order valence-electron chi connectivity index (χ3n) is 4.50. The molecule has 0 aliphatic carbocycles. The van der Waals surface area contributed by atoms with Gasteiger partial charge in [0, 0.05) is 23.8 Å². The molecule has 30 heavy (non-hydrogen) atoms. The molecule has 4 rings (SSSR count). The standard InChI is InChI=1S/C22H21N5O2S/c1-16-25-21(29-26-16)15-30-20-10-5-4-9-19(20)22(28)23-13-17-7-2-3-8-18(17)14-27-12-6-11-24-27/h2-12H,13-15H2,1H3,(H,23,28). The molecule has 0 aliphatic rings. The molecular formula is C22H21N5O2S. The number of carbonyl (C=O) groups is 1. The fourth-order valence-corrected chi connectivity index (χ4v) is 3.93. The van der Waals surface area contributed by atoms with Crippen LogP contribution < -0.4 is 5.32 Å². The maximum atomic E-state index is 12.9. The van der Waals surface area contributed by atoms with Gasteiger partial charge in [-0.25, -0.2) is 0 Å². The van der Waals surface area contributed by atoms with Crippen LogP contribution in [-0.2, 0) is 18.8 Å². The van der Waals surface area contributed by atoms with E-state index >= 15 is 0 Å². The summed E-state index contributed by atoms with van der Waals surface area (Å²) in [5, 5.41) is 11.1. The van der Waals surface area contributed by atoms with Crippen LogP contribution in [0.1, 0.15) is 33.2 Å². The summed E-state index contributed by atoms with van der Waals surface area (Å²) in [6.45, 7) is 2.89. The highest BCUT2D eigenvalue weighted by Crippen LogP contribution is 2.26. The minimum atomic E-state index is -0.117. The van der Waals surface area contributed by atoms with Crippen molar-refractivity contribution < 1.29 is 9.32 Å². The first-order chi connectivity index (χ1) is 14.7. The van der Waals surface area contributed by atoms with Crippen molar-refractivity contribution in [1.29, 1.82) is 0 Å². The van der Waals surface area contributed by atoms with Gasteiger partial charge in [-0.15, -0.1) is 11.8 Å². The van der Waals surface area contributed by atoms with Gasteiger partial charge in [-0.05, 0) is 36.2 Å². The first kappa shape index (κ1) is 19.9. The fourth-order valence-electron chi connectivity index (χ4n) is 3.04. The van der Waals surface area contributed by atoms with E-state index in [0.29, 0.717) is 36.1 Å². The number of carbonyl (C=O) groups excluding carboxylic acids is 1. The lowest BCUT2D eigenvalue weighted by atomic mass is 10.1. The van der Waals surface area contributed by atoms with Gasteiger partial charge in [0.05, 0.1) is 17.9 Å². The van der Waals surface area contributed by atoms with E-state index in [1.807, 2.05) is 59.4 Å². The summed E-state index contributed by atoms with van der Waals surface area (Å²) in [7, 11) is 0. The summed E-state index contributed by atoms with van der Waals surface area (Å²) in [5.41, 5.74) is 2.81. The summed E-state index contributed by atoms with van der Waals surface area (Å²) in [6, 6.07) is 17.5. The molecule has 2 aromatic carbocycles. The van der Waals surface area contributed by atoms with Gasteiger partial charge in [-0.3, -0.25) is 9.48 Å². The smallest absolute Gasteiger partial charge is 0.252 e. The Morgan fingerprint density at radius 3 is 2.67 bits per heavy atom. The summed E-state index contributed by atoms with van der Waals surface area (Å²) >= 11 is 1.50. The molecule has 1 N–H and O–H groups in total. The van der Waals surface area contributed by atoms with Crippen LogP contribution in [0.3, 0.4) is 0 Å². The lowest BCUT2D eigenvalue weighted by molar-refractivity contribution is 0.0948. The van der Waals surface area contributed by atoms with Gasteiger partial charge < -0.3 is 9.84 Å². The van der Waals surface area contributed by atoms with Crippen LogP contribution in [0.5, 0.6) is 0 Å². The molecule has 2 aromatic heterocycles. The molecule has 0 unspecified atom stereocenters. The van der Waals surface area contributed by atoms with E-state index in [9.17, 15) is 4.79 Å². The quantitative estimate of drug-likeness (QED) is 0.437. The predicted octanol–water partition coefficient (Wildman–Crippen LogP) is 3.85. The molecule has 2 heterocycles. The van der Waals surface area contributed by atoms with E-state index in [0.717, 1.165) is 16.0 Å². The Bertz CT molecular complexity index is 1120. The van der Waals surface area contributed by atoms with Crippen molar-refractivity contribution in [2.75, 3.05) is 0 Å². The number of thioether (sulfide) groups is 1. The van der Waals surface area contributed by atoms with Crippen molar-refractivity contribution >= 4 is 17.7 Å². The molecule has 0 radical (unpaired) electrons. The number of hydrogen-bond acceptors (Lipinski definition) is 6. The van der Waals surface area contributed by atoms with Gasteiger partial charge in [-0.1, -0.05) is 41.6 Å². The highest BCUT2D eigenvalue weighted by molar-refractivity contribution is 7.98. The number of nitrogens with one attached hydrogen (secondary N) is 1. The molecule has 0 bridgehead atoms. The Hall–Kier alpha value is -3.39. The number of aryl methyl sites for hydroxylation is 1. The van der Waals surface area contributed by atoms with Crippen LogP contribution >= 0.6 is 11.8 Å². The van der Waals surface area contributed by atoms with Crippen molar-refractivity contribution in [2.24, 2.45) is 0 Å². The molecule has 0 fully saturated rings. The maximum absolute atomic E-state index is 12.9. The zero-order chi connectivity index (χ0) is 20.8. The highest BCUT2D eigenvalue weighted by atomic mass is 32.2. The number of amides is 1. The molecule has 152 valence electrons. The van der Waals surface area contributed by atoms with Gasteiger partial charge in [-0.2, -0.15) is 10.1 Å². The summed E-state index contributed by atoms with van der Waals surface area (Å²) in [4.78, 5) is 18.0. The Morgan fingerprint density at radius 1 is 1.10 bits per heavy atom. The SMILES string of the molecule is Cc1noc(CSc2ccccc2C(=O)NCc2ccccc2Cn2cccn2)n1. The minimum Gasteiger partial charge on any atom is -0.348 e. The third-order valence-corrected chi connectivity index (χ3v) is 5.56. The number of nitrogens with zero attached hydrogens (tertiary/aromatic N) is 4. The van der Waals surface area contributed by atoms with E-state index in [1.165, 1.54) is 11.8 Å². The topological polar surface area (TPSA) is 85.8 Å². The summed E-state index contributed by atoms with van der Waals surface area (Å²) in [5.74, 6) is 1.54. The van der Waals surface area contributed by atoms with Crippen molar-refractivity contribution in [3.8, 4) is 0 Å². The Morgan fingerprint density at radius 2 is 1.90 bits per heavy atom. The van der Waals surface area contributed by atoms with Crippen LogP contribution in [0.15, 0.2) is 76.4 Å². The zero-order valence-corrected chi connectivity index (χ0v) is 17.3. The number of rotatable bonds is 8. The average Bonchev–Trinajstić information content (AvgIpc) is 3.43. The lowest BCUT2D eigenvalue weighted by Gasteiger charge is -2.12. The van der Waals surface area contributed by atoms with Gasteiger partial charge in [0.15, 0.2) is 5.82 Å². The van der Waals surface area contributed by atoms with Crippen molar-refractivity contribution in [1.82, 2.24) is 25.2 Å². The van der Waals surface area contributed by atoms with E-state index in [1.54, 1.807) is 13.1 Å². The monoisotopic (exact) mass is 419 g/mol. The van der Waals surface area contributed by atoms with Gasteiger partial charge in [0.1, 0.15) is 0 Å². The largest absolute Gasteiger partial charge is 0.348 e. The normalized spacial score (nSPS) is 10.8. The Labute approximate surface area is 178 Å². The second-order valence-corrected chi connectivity index (χ2v) is 7.69. The lowest BCUT2D eigenvalue weighted by Crippen LogP contribution is -2.24.